The summed E-state index contributed by atoms with van der Waals surface area (Å²) >= 11 is 11.7. The summed E-state index contributed by atoms with van der Waals surface area (Å²) in [6.45, 7) is 1.40. The summed E-state index contributed by atoms with van der Waals surface area (Å²) in [5.74, 6) is -0.355. The Bertz CT molecular complexity index is 908. The molecule has 0 bridgehead atoms. The maximum absolute atomic E-state index is 12.9. The third-order valence-corrected chi connectivity index (χ3v) is 6.01. The number of aliphatic carboxylic acids is 1. The molecule has 3 rings (SSSR count). The second-order valence-electron chi connectivity index (χ2n) is 5.28. The van der Waals surface area contributed by atoms with E-state index < -0.39 is 22.0 Å². The number of benzene rings is 1. The number of hydrogen-bond donors (Lipinski definition) is 1. The van der Waals surface area contributed by atoms with Crippen molar-refractivity contribution in [2.45, 2.75) is 31.0 Å². The Balaban J connectivity index is 2.09. The van der Waals surface area contributed by atoms with E-state index in [1.54, 1.807) is 11.5 Å². The van der Waals surface area contributed by atoms with Crippen molar-refractivity contribution in [2.24, 2.45) is 0 Å². The summed E-state index contributed by atoms with van der Waals surface area (Å²) in [6, 6.07) is 2.57. The molecular formula is C13H12Cl2N4O4S. The minimum atomic E-state index is -4.13. The molecule has 1 unspecified atom stereocenters. The van der Waals surface area contributed by atoms with Crippen molar-refractivity contribution in [3.8, 4) is 0 Å². The Kier molecular flexibility index (Phi) is 4.28. The Hall–Kier alpha value is -1.68. The van der Waals surface area contributed by atoms with Gasteiger partial charge in [-0.3, -0.25) is 4.79 Å². The molecule has 2 aromatic rings. The molecule has 1 aromatic carbocycles. The average molecular weight is 391 g/mol. The topological polar surface area (TPSA) is 105 Å². The number of aryl methyl sites for hydroxylation is 1. The van der Waals surface area contributed by atoms with E-state index in [2.05, 4.69) is 10.2 Å². The van der Waals surface area contributed by atoms with Gasteiger partial charge in [-0.05, 0) is 25.1 Å². The first-order valence-electron chi connectivity index (χ1n) is 6.79. The highest BCUT2D eigenvalue weighted by atomic mass is 35.5. The van der Waals surface area contributed by atoms with E-state index in [9.17, 15) is 18.3 Å². The Labute approximate surface area is 147 Å². The lowest BCUT2D eigenvalue weighted by molar-refractivity contribution is -0.142. The Morgan fingerprint density at radius 2 is 1.88 bits per heavy atom. The summed E-state index contributed by atoms with van der Waals surface area (Å²) in [5.41, 5.74) is 0. The molecule has 2 heterocycles. The van der Waals surface area contributed by atoms with Gasteiger partial charge in [0, 0.05) is 10.0 Å². The lowest BCUT2D eigenvalue weighted by Crippen LogP contribution is -2.50. The van der Waals surface area contributed by atoms with Gasteiger partial charge in [0.15, 0.2) is 0 Å². The number of rotatable bonds is 3. The fourth-order valence-corrected chi connectivity index (χ4v) is 4.81. The first-order valence-corrected chi connectivity index (χ1v) is 8.99. The van der Waals surface area contributed by atoms with E-state index in [0.717, 1.165) is 4.31 Å². The lowest BCUT2D eigenvalue weighted by Gasteiger charge is -2.32. The highest BCUT2D eigenvalue weighted by Gasteiger charge is 2.41. The van der Waals surface area contributed by atoms with Crippen LogP contribution in [0.25, 0.3) is 0 Å². The van der Waals surface area contributed by atoms with Gasteiger partial charge in [-0.1, -0.05) is 23.2 Å². The summed E-state index contributed by atoms with van der Waals surface area (Å²) in [4.78, 5) is 11.4. The molecule has 24 heavy (non-hydrogen) atoms. The van der Waals surface area contributed by atoms with Gasteiger partial charge in [0.25, 0.3) is 0 Å². The summed E-state index contributed by atoms with van der Waals surface area (Å²) in [5, 5.41) is 17.5. The summed E-state index contributed by atoms with van der Waals surface area (Å²) in [7, 11) is -4.13. The fourth-order valence-electron chi connectivity index (χ4n) is 2.56. The largest absolute Gasteiger partial charge is 0.480 e. The number of fused-ring (bicyclic) bond motifs is 1. The molecule has 0 spiro atoms. The van der Waals surface area contributed by atoms with Crippen LogP contribution in [0.15, 0.2) is 23.1 Å². The molecule has 0 aliphatic carbocycles. The molecule has 0 saturated heterocycles. The van der Waals surface area contributed by atoms with Gasteiger partial charge in [0.2, 0.25) is 10.0 Å². The van der Waals surface area contributed by atoms with Crippen molar-refractivity contribution < 1.29 is 18.3 Å². The normalized spacial score (nSPS) is 18.4. The van der Waals surface area contributed by atoms with Crippen LogP contribution >= 0.6 is 23.2 Å². The highest BCUT2D eigenvalue weighted by molar-refractivity contribution is 7.89. The summed E-state index contributed by atoms with van der Waals surface area (Å²) in [6.07, 6.45) is 0. The molecule has 128 valence electrons. The van der Waals surface area contributed by atoms with Gasteiger partial charge >= 0.3 is 5.97 Å². The fraction of sp³-hybridized carbons (Fsp3) is 0.308. The zero-order valence-electron chi connectivity index (χ0n) is 12.3. The quantitative estimate of drug-likeness (QED) is 0.851. The highest BCUT2D eigenvalue weighted by Crippen LogP contribution is 2.29. The van der Waals surface area contributed by atoms with Crippen LogP contribution in [-0.2, 0) is 27.9 Å². The van der Waals surface area contributed by atoms with Crippen LogP contribution < -0.4 is 0 Å². The maximum Gasteiger partial charge on any atom is 0.323 e. The number of nitrogens with zero attached hydrogens (tertiary/aromatic N) is 4. The number of carboxylic acids is 1. The number of carboxylic acid groups (broad SMARTS) is 1. The second kappa shape index (κ2) is 5.99. The Morgan fingerprint density at radius 3 is 2.46 bits per heavy atom. The minimum Gasteiger partial charge on any atom is -0.480 e. The van der Waals surface area contributed by atoms with Crippen molar-refractivity contribution >= 4 is 39.2 Å². The first kappa shape index (κ1) is 17.2. The molecule has 1 atom stereocenters. The molecule has 11 heteroatoms. The van der Waals surface area contributed by atoms with Gasteiger partial charge in [-0.15, -0.1) is 10.2 Å². The van der Waals surface area contributed by atoms with Crippen LogP contribution in [0.2, 0.25) is 10.0 Å². The molecule has 1 N–H and O–H groups in total. The maximum atomic E-state index is 12.9. The summed E-state index contributed by atoms with van der Waals surface area (Å²) < 4.78 is 28.3. The van der Waals surface area contributed by atoms with Crippen LogP contribution in [-0.4, -0.2) is 44.6 Å². The van der Waals surface area contributed by atoms with Crippen molar-refractivity contribution in [3.05, 3.63) is 39.9 Å². The predicted molar refractivity (Wildman–Crippen MR) is 85.4 cm³/mol. The van der Waals surface area contributed by atoms with Crippen LogP contribution in [0.4, 0.5) is 0 Å². The van der Waals surface area contributed by atoms with Gasteiger partial charge in [-0.25, -0.2) is 8.42 Å². The second-order valence-corrected chi connectivity index (χ2v) is 8.05. The number of hydrogen-bond acceptors (Lipinski definition) is 5. The van der Waals surface area contributed by atoms with Crippen molar-refractivity contribution in [2.75, 3.05) is 0 Å². The minimum absolute atomic E-state index is 0.0724. The van der Waals surface area contributed by atoms with Gasteiger partial charge < -0.3 is 9.67 Å². The standard InChI is InChI=1S/C13H12Cl2N4O4S/c1-7-16-17-12-6-19(11(13(20)21)5-18(7)12)24(22,23)10-3-8(14)2-9(15)4-10/h2-4,11H,5-6H2,1H3,(H,20,21). The molecule has 0 fully saturated rings. The average Bonchev–Trinajstić information content (AvgIpc) is 2.86. The van der Waals surface area contributed by atoms with Crippen LogP contribution in [0, 0.1) is 6.92 Å². The molecule has 8 nitrogen and oxygen atoms in total. The van der Waals surface area contributed by atoms with Crippen LogP contribution in [0.5, 0.6) is 0 Å². The number of carbonyl (C=O) groups is 1. The van der Waals surface area contributed by atoms with Crippen LogP contribution in [0.1, 0.15) is 11.6 Å². The van der Waals surface area contributed by atoms with Crippen molar-refractivity contribution in [1.29, 1.82) is 0 Å². The van der Waals surface area contributed by atoms with E-state index in [0.29, 0.717) is 11.6 Å². The Morgan fingerprint density at radius 1 is 1.25 bits per heavy atom. The zero-order chi connectivity index (χ0) is 17.6. The molecule has 0 radical (unpaired) electrons. The van der Waals surface area contributed by atoms with E-state index >= 15 is 0 Å². The van der Waals surface area contributed by atoms with Crippen LogP contribution in [0.3, 0.4) is 0 Å². The third-order valence-electron chi connectivity index (χ3n) is 3.74. The number of aromatic nitrogens is 3. The smallest absolute Gasteiger partial charge is 0.323 e. The zero-order valence-corrected chi connectivity index (χ0v) is 14.7. The van der Waals surface area contributed by atoms with Crippen molar-refractivity contribution in [1.82, 2.24) is 19.1 Å². The van der Waals surface area contributed by atoms with Gasteiger partial charge in [0.1, 0.15) is 17.7 Å². The number of sulfonamides is 1. The first-order chi connectivity index (χ1) is 11.2. The SMILES string of the molecule is Cc1nnc2n1CC(C(=O)O)N(S(=O)(=O)c1cc(Cl)cc(Cl)c1)C2. The third kappa shape index (κ3) is 2.88. The van der Waals surface area contributed by atoms with E-state index in [-0.39, 0.29) is 28.0 Å². The van der Waals surface area contributed by atoms with E-state index in [1.807, 2.05) is 0 Å². The lowest BCUT2D eigenvalue weighted by atomic mass is 10.2. The van der Waals surface area contributed by atoms with Crippen molar-refractivity contribution in [3.63, 3.8) is 0 Å². The molecular weight excluding hydrogens is 379 g/mol. The van der Waals surface area contributed by atoms with Gasteiger partial charge in [0.05, 0.1) is 18.0 Å². The molecule has 0 amide bonds. The number of halogens is 2. The predicted octanol–water partition coefficient (Wildman–Crippen LogP) is 1.55. The molecule has 1 aliphatic heterocycles. The molecule has 0 saturated carbocycles. The molecule has 1 aromatic heterocycles. The van der Waals surface area contributed by atoms with E-state index in [1.165, 1.54) is 18.2 Å². The van der Waals surface area contributed by atoms with Gasteiger partial charge in [-0.2, -0.15) is 4.31 Å². The molecule has 1 aliphatic rings. The monoisotopic (exact) mass is 390 g/mol. The van der Waals surface area contributed by atoms with E-state index in [4.69, 9.17) is 23.2 Å².